The van der Waals surface area contributed by atoms with E-state index in [1.54, 1.807) is 11.8 Å². The van der Waals surface area contributed by atoms with Gasteiger partial charge in [-0.3, -0.25) is 0 Å². The Hall–Kier alpha value is -0.830. The summed E-state index contributed by atoms with van der Waals surface area (Å²) in [7, 11) is 4.11. The van der Waals surface area contributed by atoms with Gasteiger partial charge in [-0.15, -0.1) is 11.8 Å². The Kier molecular flexibility index (Phi) is 3.10. The van der Waals surface area contributed by atoms with E-state index in [0.29, 0.717) is 6.10 Å². The largest absolute Gasteiger partial charge is 0.489 e. The number of nitrogens with zero attached hydrogens (tertiary/aromatic N) is 1. The lowest BCUT2D eigenvalue weighted by Gasteiger charge is -2.16. The van der Waals surface area contributed by atoms with Crippen LogP contribution in [0, 0.1) is 0 Å². The van der Waals surface area contributed by atoms with Crippen LogP contribution in [0.5, 0.6) is 5.75 Å². The molecule has 0 saturated heterocycles. The molecule has 1 aromatic carbocycles. The van der Waals surface area contributed by atoms with Crippen molar-refractivity contribution in [2.24, 2.45) is 0 Å². The quantitative estimate of drug-likeness (QED) is 0.728. The van der Waals surface area contributed by atoms with Crippen LogP contribution in [0.1, 0.15) is 12.8 Å². The van der Waals surface area contributed by atoms with Crippen LogP contribution in [0.2, 0.25) is 0 Å². The SMILES string of the molecule is CSc1cc(N(C)C)ccc1OC1CC1. The van der Waals surface area contributed by atoms with Crippen LogP contribution in [0.15, 0.2) is 23.1 Å². The van der Waals surface area contributed by atoms with Crippen molar-refractivity contribution in [1.82, 2.24) is 0 Å². The summed E-state index contributed by atoms with van der Waals surface area (Å²) in [6, 6.07) is 6.37. The van der Waals surface area contributed by atoms with Gasteiger partial charge >= 0.3 is 0 Å². The van der Waals surface area contributed by atoms with E-state index in [0.717, 1.165) is 5.75 Å². The van der Waals surface area contributed by atoms with Crippen molar-refractivity contribution in [2.45, 2.75) is 23.8 Å². The highest BCUT2D eigenvalue weighted by Gasteiger charge is 2.24. The zero-order valence-electron chi connectivity index (χ0n) is 9.49. The molecule has 82 valence electrons. The lowest BCUT2D eigenvalue weighted by Crippen LogP contribution is -2.08. The van der Waals surface area contributed by atoms with Crippen LogP contribution in [0.25, 0.3) is 0 Å². The Morgan fingerprint density at radius 3 is 2.60 bits per heavy atom. The molecule has 1 aliphatic carbocycles. The fraction of sp³-hybridized carbons (Fsp3) is 0.500. The molecule has 1 aromatic rings. The van der Waals surface area contributed by atoms with Crippen LogP contribution >= 0.6 is 11.8 Å². The Morgan fingerprint density at radius 2 is 2.07 bits per heavy atom. The van der Waals surface area contributed by atoms with Crippen LogP contribution in [-0.4, -0.2) is 26.5 Å². The van der Waals surface area contributed by atoms with Crippen LogP contribution in [0.4, 0.5) is 5.69 Å². The number of hydrogen-bond acceptors (Lipinski definition) is 3. The van der Waals surface area contributed by atoms with Crippen molar-refractivity contribution in [3.05, 3.63) is 18.2 Å². The standard InChI is InChI=1S/C12H17NOS/c1-13(2)9-4-7-11(12(8-9)15-3)14-10-5-6-10/h4,7-8,10H,5-6H2,1-3H3. The Morgan fingerprint density at radius 1 is 1.33 bits per heavy atom. The van der Waals surface area contributed by atoms with E-state index in [9.17, 15) is 0 Å². The first-order valence-electron chi connectivity index (χ1n) is 5.22. The molecule has 3 heteroatoms. The molecule has 0 spiro atoms. The molecular weight excluding hydrogens is 206 g/mol. The van der Waals surface area contributed by atoms with Crippen molar-refractivity contribution in [3.8, 4) is 5.75 Å². The highest BCUT2D eigenvalue weighted by molar-refractivity contribution is 7.98. The van der Waals surface area contributed by atoms with E-state index in [4.69, 9.17) is 4.74 Å². The summed E-state index contributed by atoms with van der Waals surface area (Å²) in [4.78, 5) is 3.34. The molecule has 2 rings (SSSR count). The van der Waals surface area contributed by atoms with Crippen molar-refractivity contribution in [2.75, 3.05) is 25.3 Å². The zero-order valence-corrected chi connectivity index (χ0v) is 10.3. The van der Waals surface area contributed by atoms with Crippen LogP contribution < -0.4 is 9.64 Å². The first-order valence-corrected chi connectivity index (χ1v) is 6.45. The second kappa shape index (κ2) is 4.35. The van der Waals surface area contributed by atoms with E-state index >= 15 is 0 Å². The number of rotatable bonds is 4. The van der Waals surface area contributed by atoms with Gasteiger partial charge in [0.25, 0.3) is 0 Å². The summed E-state index contributed by atoms with van der Waals surface area (Å²) in [5, 5.41) is 0. The maximum absolute atomic E-state index is 5.84. The molecule has 1 aliphatic rings. The zero-order chi connectivity index (χ0) is 10.8. The molecule has 0 radical (unpaired) electrons. The third-order valence-corrected chi connectivity index (χ3v) is 3.24. The molecular formula is C12H17NOS. The maximum atomic E-state index is 5.84. The van der Waals surface area contributed by atoms with Gasteiger partial charge in [0.1, 0.15) is 5.75 Å². The fourth-order valence-corrected chi connectivity index (χ4v) is 1.95. The van der Waals surface area contributed by atoms with Gasteiger partial charge in [-0.2, -0.15) is 0 Å². The monoisotopic (exact) mass is 223 g/mol. The van der Waals surface area contributed by atoms with Crippen LogP contribution in [0.3, 0.4) is 0 Å². The summed E-state index contributed by atoms with van der Waals surface area (Å²) in [5.74, 6) is 1.04. The van der Waals surface area contributed by atoms with Gasteiger partial charge in [-0.05, 0) is 37.3 Å². The topological polar surface area (TPSA) is 12.5 Å². The van der Waals surface area contributed by atoms with Crippen LogP contribution in [-0.2, 0) is 0 Å². The minimum atomic E-state index is 0.473. The molecule has 0 aromatic heterocycles. The number of thioether (sulfide) groups is 1. The predicted molar refractivity (Wildman–Crippen MR) is 66.2 cm³/mol. The molecule has 0 bridgehead atoms. The first kappa shape index (κ1) is 10.7. The molecule has 1 fully saturated rings. The minimum absolute atomic E-state index is 0.473. The smallest absolute Gasteiger partial charge is 0.133 e. The first-order chi connectivity index (χ1) is 7.20. The minimum Gasteiger partial charge on any atom is -0.489 e. The number of hydrogen-bond donors (Lipinski definition) is 0. The lowest BCUT2D eigenvalue weighted by molar-refractivity contribution is 0.296. The summed E-state index contributed by atoms with van der Waals surface area (Å²) in [6.07, 6.45) is 4.99. The number of ether oxygens (including phenoxy) is 1. The summed E-state index contributed by atoms with van der Waals surface area (Å²) in [5.41, 5.74) is 1.22. The highest BCUT2D eigenvalue weighted by atomic mass is 32.2. The lowest BCUT2D eigenvalue weighted by atomic mass is 10.3. The third-order valence-electron chi connectivity index (χ3n) is 2.48. The van der Waals surface area contributed by atoms with Crippen molar-refractivity contribution >= 4 is 17.4 Å². The van der Waals surface area contributed by atoms with E-state index in [-0.39, 0.29) is 0 Å². The van der Waals surface area contributed by atoms with Gasteiger partial charge in [-0.25, -0.2) is 0 Å². The highest BCUT2D eigenvalue weighted by Crippen LogP contribution is 2.35. The molecule has 0 heterocycles. The number of benzene rings is 1. The molecule has 1 saturated carbocycles. The van der Waals surface area contributed by atoms with Crippen molar-refractivity contribution in [1.29, 1.82) is 0 Å². The van der Waals surface area contributed by atoms with E-state index < -0.39 is 0 Å². The van der Waals surface area contributed by atoms with E-state index in [1.165, 1.54) is 23.4 Å². The number of anilines is 1. The van der Waals surface area contributed by atoms with Gasteiger partial charge in [0.05, 0.1) is 11.0 Å². The normalized spacial score (nSPS) is 15.1. The van der Waals surface area contributed by atoms with Crippen molar-refractivity contribution < 1.29 is 4.74 Å². The van der Waals surface area contributed by atoms with Gasteiger partial charge in [-0.1, -0.05) is 0 Å². The van der Waals surface area contributed by atoms with Gasteiger partial charge < -0.3 is 9.64 Å². The third kappa shape index (κ3) is 2.59. The second-order valence-electron chi connectivity index (χ2n) is 4.05. The summed E-state index contributed by atoms with van der Waals surface area (Å²) >= 11 is 1.75. The molecule has 0 N–H and O–H groups in total. The van der Waals surface area contributed by atoms with Gasteiger partial charge in [0.15, 0.2) is 0 Å². The van der Waals surface area contributed by atoms with E-state index in [1.807, 2.05) is 0 Å². The summed E-state index contributed by atoms with van der Waals surface area (Å²) in [6.45, 7) is 0. The fourth-order valence-electron chi connectivity index (χ4n) is 1.40. The average Bonchev–Trinajstić information content (AvgIpc) is 3.02. The Labute approximate surface area is 95.6 Å². The summed E-state index contributed by atoms with van der Waals surface area (Å²) < 4.78 is 5.84. The second-order valence-corrected chi connectivity index (χ2v) is 4.89. The maximum Gasteiger partial charge on any atom is 0.133 e. The molecule has 2 nitrogen and oxygen atoms in total. The molecule has 0 amide bonds. The molecule has 0 aliphatic heterocycles. The Balaban J connectivity index is 2.21. The molecule has 15 heavy (non-hydrogen) atoms. The van der Waals surface area contributed by atoms with E-state index in [2.05, 4.69) is 43.5 Å². The van der Waals surface area contributed by atoms with Crippen molar-refractivity contribution in [3.63, 3.8) is 0 Å². The average molecular weight is 223 g/mol. The Bertz CT molecular complexity index is 347. The van der Waals surface area contributed by atoms with Gasteiger partial charge in [0.2, 0.25) is 0 Å². The predicted octanol–water partition coefficient (Wildman–Crippen LogP) is 3.02. The van der Waals surface area contributed by atoms with Gasteiger partial charge in [0, 0.05) is 19.8 Å². The molecule has 0 unspecified atom stereocenters. The molecule has 0 atom stereocenters.